The van der Waals surface area contributed by atoms with E-state index in [2.05, 4.69) is 20.6 Å². The van der Waals surface area contributed by atoms with E-state index in [1.807, 2.05) is 24.4 Å². The summed E-state index contributed by atoms with van der Waals surface area (Å²) in [5.41, 5.74) is 0. The van der Waals surface area contributed by atoms with Crippen molar-refractivity contribution < 1.29 is 13.2 Å². The molecule has 114 valence electrons. The molecule has 2 heterocycles. The summed E-state index contributed by atoms with van der Waals surface area (Å²) >= 11 is 1.53. The van der Waals surface area contributed by atoms with Crippen molar-refractivity contribution in [1.29, 1.82) is 0 Å². The van der Waals surface area contributed by atoms with E-state index in [-0.39, 0.29) is 11.6 Å². The van der Waals surface area contributed by atoms with Gasteiger partial charge in [0.25, 0.3) is 0 Å². The second kappa shape index (κ2) is 6.75. The first-order valence-electron chi connectivity index (χ1n) is 6.45. The van der Waals surface area contributed by atoms with Gasteiger partial charge in [0.05, 0.1) is 6.54 Å². The van der Waals surface area contributed by atoms with Crippen LogP contribution in [-0.4, -0.2) is 16.5 Å². The number of hydrogen-bond donors (Lipinski definition) is 2. The van der Waals surface area contributed by atoms with E-state index in [4.69, 9.17) is 0 Å². The van der Waals surface area contributed by atoms with E-state index in [1.54, 1.807) is 0 Å². The van der Waals surface area contributed by atoms with Crippen molar-refractivity contribution in [1.82, 2.24) is 9.97 Å². The lowest BCUT2D eigenvalue weighted by Crippen LogP contribution is -2.15. The van der Waals surface area contributed by atoms with E-state index < -0.39 is 12.0 Å². The molecule has 4 nitrogen and oxygen atoms in total. The number of rotatable bonds is 6. The lowest BCUT2D eigenvalue weighted by atomic mass is 10.4. The molecule has 0 aliphatic rings. The monoisotopic (exact) mass is 316 g/mol. The van der Waals surface area contributed by atoms with Crippen molar-refractivity contribution in [2.45, 2.75) is 26.1 Å². The average Bonchev–Trinajstić information content (AvgIpc) is 2.95. The number of thiophene rings is 1. The SMILES string of the molecule is CCCNc1cc(NCc2cccs2)nc(C(F)(F)F)n1. The molecule has 0 amide bonds. The Morgan fingerprint density at radius 3 is 2.48 bits per heavy atom. The Kier molecular flexibility index (Phi) is 5.00. The first-order valence-corrected chi connectivity index (χ1v) is 7.33. The van der Waals surface area contributed by atoms with E-state index in [0.717, 1.165) is 11.3 Å². The van der Waals surface area contributed by atoms with Gasteiger partial charge in [-0.15, -0.1) is 11.3 Å². The summed E-state index contributed by atoms with van der Waals surface area (Å²) < 4.78 is 38.4. The smallest absolute Gasteiger partial charge is 0.370 e. The molecule has 21 heavy (non-hydrogen) atoms. The Balaban J connectivity index is 2.17. The fourth-order valence-corrected chi connectivity index (χ4v) is 2.24. The number of hydrogen-bond acceptors (Lipinski definition) is 5. The molecule has 0 unspecified atom stereocenters. The molecule has 0 saturated carbocycles. The maximum atomic E-state index is 12.8. The van der Waals surface area contributed by atoms with Crippen molar-refractivity contribution in [3.05, 3.63) is 34.3 Å². The predicted molar refractivity (Wildman–Crippen MR) is 77.5 cm³/mol. The summed E-state index contributed by atoms with van der Waals surface area (Å²) in [7, 11) is 0. The van der Waals surface area contributed by atoms with Gasteiger partial charge >= 0.3 is 6.18 Å². The van der Waals surface area contributed by atoms with Gasteiger partial charge in [-0.1, -0.05) is 13.0 Å². The molecule has 0 aliphatic carbocycles. The zero-order chi connectivity index (χ0) is 15.3. The molecule has 0 aromatic carbocycles. The van der Waals surface area contributed by atoms with E-state index in [1.165, 1.54) is 17.4 Å². The quantitative estimate of drug-likeness (QED) is 0.846. The molecule has 2 aromatic rings. The minimum Gasteiger partial charge on any atom is -0.370 e. The van der Waals surface area contributed by atoms with Crippen molar-refractivity contribution in [2.75, 3.05) is 17.2 Å². The highest BCUT2D eigenvalue weighted by Crippen LogP contribution is 2.28. The van der Waals surface area contributed by atoms with Crippen LogP contribution in [-0.2, 0) is 12.7 Å². The molecule has 0 fully saturated rings. The van der Waals surface area contributed by atoms with Crippen molar-refractivity contribution in [3.8, 4) is 0 Å². The number of nitrogens with one attached hydrogen (secondary N) is 2. The van der Waals surface area contributed by atoms with Crippen LogP contribution >= 0.6 is 11.3 Å². The standard InChI is InChI=1S/C13H15F3N4S/c1-2-5-17-10-7-11(18-8-9-4-3-6-21-9)20-12(19-10)13(14,15)16/h3-4,6-7H,2,5,8H2,1H3,(H2,17,18,19,20). The lowest BCUT2D eigenvalue weighted by molar-refractivity contribution is -0.144. The van der Waals surface area contributed by atoms with Crippen LogP contribution < -0.4 is 10.6 Å². The average molecular weight is 316 g/mol. The first-order chi connectivity index (χ1) is 9.99. The van der Waals surface area contributed by atoms with Crippen LogP contribution in [0.15, 0.2) is 23.6 Å². The normalized spacial score (nSPS) is 11.4. The highest BCUT2D eigenvalue weighted by Gasteiger charge is 2.35. The van der Waals surface area contributed by atoms with E-state index in [9.17, 15) is 13.2 Å². The third-order valence-corrected chi connectivity index (χ3v) is 3.44. The second-order valence-corrected chi connectivity index (χ2v) is 5.35. The summed E-state index contributed by atoms with van der Waals surface area (Å²) in [5, 5.41) is 7.66. The van der Waals surface area contributed by atoms with Gasteiger partial charge in [0.1, 0.15) is 11.6 Å². The fourth-order valence-electron chi connectivity index (χ4n) is 1.60. The summed E-state index contributed by atoms with van der Waals surface area (Å²) in [5.74, 6) is -0.811. The largest absolute Gasteiger partial charge is 0.451 e. The van der Waals surface area contributed by atoms with E-state index >= 15 is 0 Å². The molecule has 0 atom stereocenters. The summed E-state index contributed by atoms with van der Waals surface area (Å²) in [4.78, 5) is 8.05. The second-order valence-electron chi connectivity index (χ2n) is 4.32. The number of nitrogens with zero attached hydrogens (tertiary/aromatic N) is 2. The van der Waals surface area contributed by atoms with Crippen LogP contribution in [0.4, 0.5) is 24.8 Å². The number of anilines is 2. The molecule has 0 saturated heterocycles. The van der Waals surface area contributed by atoms with Crippen molar-refractivity contribution in [2.24, 2.45) is 0 Å². The Hall–Kier alpha value is -1.83. The maximum Gasteiger partial charge on any atom is 0.451 e. The molecule has 2 aromatic heterocycles. The van der Waals surface area contributed by atoms with Gasteiger partial charge in [-0.3, -0.25) is 0 Å². The number of aromatic nitrogens is 2. The molecule has 8 heteroatoms. The minimum atomic E-state index is -4.57. The molecule has 0 bridgehead atoms. The summed E-state index contributed by atoms with van der Waals surface area (Å²) in [6.07, 6.45) is -3.77. The van der Waals surface area contributed by atoms with Gasteiger partial charge in [0.2, 0.25) is 5.82 Å². The summed E-state index contributed by atoms with van der Waals surface area (Å²) in [6, 6.07) is 5.27. The topological polar surface area (TPSA) is 49.8 Å². The van der Waals surface area contributed by atoms with Gasteiger partial charge in [0.15, 0.2) is 0 Å². The molecule has 0 spiro atoms. The van der Waals surface area contributed by atoms with Crippen molar-refractivity contribution in [3.63, 3.8) is 0 Å². The van der Waals surface area contributed by atoms with Gasteiger partial charge in [0, 0.05) is 17.5 Å². The van der Waals surface area contributed by atoms with Gasteiger partial charge in [-0.05, 0) is 17.9 Å². The maximum absolute atomic E-state index is 12.8. The molecule has 0 radical (unpaired) electrons. The fraction of sp³-hybridized carbons (Fsp3) is 0.385. The Morgan fingerprint density at radius 1 is 1.19 bits per heavy atom. The Morgan fingerprint density at radius 2 is 1.90 bits per heavy atom. The summed E-state index contributed by atoms with van der Waals surface area (Å²) in [6.45, 7) is 2.91. The van der Waals surface area contributed by atoms with Gasteiger partial charge < -0.3 is 10.6 Å². The molecular weight excluding hydrogens is 301 g/mol. The third-order valence-electron chi connectivity index (χ3n) is 2.56. The van der Waals surface area contributed by atoms with Crippen LogP contribution in [0.1, 0.15) is 24.0 Å². The Labute approximate surface area is 124 Å². The molecule has 0 aliphatic heterocycles. The Bertz CT molecular complexity index is 569. The molecule has 2 N–H and O–H groups in total. The number of alkyl halides is 3. The lowest BCUT2D eigenvalue weighted by Gasteiger charge is -2.12. The van der Waals surface area contributed by atoms with Crippen LogP contribution in [0.3, 0.4) is 0 Å². The zero-order valence-electron chi connectivity index (χ0n) is 11.4. The predicted octanol–water partition coefficient (Wildman–Crippen LogP) is 3.99. The molecule has 2 rings (SSSR count). The van der Waals surface area contributed by atoms with Gasteiger partial charge in [-0.25, -0.2) is 9.97 Å². The van der Waals surface area contributed by atoms with Crippen LogP contribution in [0.25, 0.3) is 0 Å². The van der Waals surface area contributed by atoms with Crippen molar-refractivity contribution >= 4 is 23.0 Å². The van der Waals surface area contributed by atoms with Crippen LogP contribution in [0, 0.1) is 0 Å². The highest BCUT2D eigenvalue weighted by atomic mass is 32.1. The van der Waals surface area contributed by atoms with Crippen LogP contribution in [0.5, 0.6) is 0 Å². The zero-order valence-corrected chi connectivity index (χ0v) is 12.2. The minimum absolute atomic E-state index is 0.157. The molecular formula is C13H15F3N4S. The number of halogens is 3. The van der Waals surface area contributed by atoms with E-state index in [0.29, 0.717) is 13.1 Å². The van der Waals surface area contributed by atoms with Crippen LogP contribution in [0.2, 0.25) is 0 Å². The third kappa shape index (κ3) is 4.59. The first kappa shape index (κ1) is 15.6. The highest BCUT2D eigenvalue weighted by molar-refractivity contribution is 7.09. The van der Waals surface area contributed by atoms with Gasteiger partial charge in [-0.2, -0.15) is 13.2 Å².